The summed E-state index contributed by atoms with van der Waals surface area (Å²) in [6, 6.07) is 60.4. The molecule has 9 aromatic carbocycles. The molecule has 1 aliphatic rings. The lowest BCUT2D eigenvalue weighted by Crippen LogP contribution is -2.15. The highest BCUT2D eigenvalue weighted by atomic mass is 16.3. The lowest BCUT2D eigenvalue weighted by atomic mass is 9.81. The predicted octanol–water partition coefficient (Wildman–Crippen LogP) is 14.1. The summed E-state index contributed by atoms with van der Waals surface area (Å²) in [5.74, 6) is 0. The van der Waals surface area contributed by atoms with Gasteiger partial charge in [-0.15, -0.1) is 0 Å². The fourth-order valence-electron chi connectivity index (χ4n) is 9.69. The van der Waals surface area contributed by atoms with Gasteiger partial charge in [-0.3, -0.25) is 0 Å². The van der Waals surface area contributed by atoms with Crippen LogP contribution in [-0.4, -0.2) is 4.57 Å². The summed E-state index contributed by atoms with van der Waals surface area (Å²) in [5.41, 5.74) is 12.9. The molecule has 248 valence electrons. The van der Waals surface area contributed by atoms with Crippen LogP contribution in [0.4, 0.5) is 0 Å². The van der Waals surface area contributed by atoms with Crippen LogP contribution in [0, 0.1) is 0 Å². The standard InChI is InChI=1S/C51H33NO/c1-51(2)45-29-47-44(28-43(45)40-25-26-41-39-16-8-10-18-48(39)53-50(41)49(40)51)38-15-7-9-17-46(38)52(47)32-22-19-30(20-23-32)31-21-24-37-35-13-4-3-11-33(35)34-12-5-6-14-36(34)42(37)27-31/h3-29H,1-2H3. The zero-order valence-corrected chi connectivity index (χ0v) is 29.4. The molecule has 11 aromatic rings. The second-order valence-corrected chi connectivity index (χ2v) is 15.3. The Hall–Kier alpha value is -6.64. The minimum absolute atomic E-state index is 0.233. The maximum atomic E-state index is 6.61. The third-order valence-electron chi connectivity index (χ3n) is 12.2. The molecule has 0 bridgehead atoms. The molecule has 0 atom stereocenters. The molecule has 2 heterocycles. The van der Waals surface area contributed by atoms with Gasteiger partial charge >= 0.3 is 0 Å². The topological polar surface area (TPSA) is 18.1 Å². The first-order valence-electron chi connectivity index (χ1n) is 18.5. The third kappa shape index (κ3) is 3.82. The summed E-state index contributed by atoms with van der Waals surface area (Å²) in [7, 11) is 0. The van der Waals surface area contributed by atoms with E-state index in [1.165, 1.54) is 98.3 Å². The smallest absolute Gasteiger partial charge is 0.140 e. The number of fused-ring (bicyclic) bond motifs is 16. The van der Waals surface area contributed by atoms with Crippen LogP contribution in [0.25, 0.3) is 104 Å². The number of nitrogens with zero attached hydrogens (tertiary/aromatic N) is 1. The molecule has 0 radical (unpaired) electrons. The fourth-order valence-corrected chi connectivity index (χ4v) is 9.69. The number of hydrogen-bond donors (Lipinski definition) is 0. The van der Waals surface area contributed by atoms with Crippen molar-refractivity contribution in [1.29, 1.82) is 0 Å². The molecule has 2 nitrogen and oxygen atoms in total. The van der Waals surface area contributed by atoms with Gasteiger partial charge in [-0.2, -0.15) is 0 Å². The van der Waals surface area contributed by atoms with Crippen LogP contribution >= 0.6 is 0 Å². The molecule has 0 N–H and O–H groups in total. The molecule has 0 saturated heterocycles. The minimum Gasteiger partial charge on any atom is -0.456 e. The average Bonchev–Trinajstić information content (AvgIpc) is 3.82. The molecule has 0 aliphatic heterocycles. The lowest BCUT2D eigenvalue weighted by molar-refractivity contribution is 0.620. The van der Waals surface area contributed by atoms with Crippen molar-refractivity contribution in [2.45, 2.75) is 19.3 Å². The molecule has 0 spiro atoms. The second kappa shape index (κ2) is 10.2. The van der Waals surface area contributed by atoms with Crippen LogP contribution in [-0.2, 0) is 5.41 Å². The Balaban J connectivity index is 1.02. The molecule has 12 rings (SSSR count). The minimum atomic E-state index is -0.233. The van der Waals surface area contributed by atoms with E-state index in [0.29, 0.717) is 0 Å². The first-order chi connectivity index (χ1) is 26.0. The van der Waals surface area contributed by atoms with Crippen molar-refractivity contribution < 1.29 is 4.42 Å². The Bertz CT molecular complexity index is 3320. The van der Waals surface area contributed by atoms with Gasteiger partial charge in [0.15, 0.2) is 0 Å². The summed E-state index contributed by atoms with van der Waals surface area (Å²) < 4.78 is 9.06. The van der Waals surface area contributed by atoms with E-state index in [-0.39, 0.29) is 5.41 Å². The van der Waals surface area contributed by atoms with Gasteiger partial charge in [0.1, 0.15) is 11.2 Å². The van der Waals surface area contributed by atoms with Crippen LogP contribution < -0.4 is 0 Å². The SMILES string of the molecule is CC1(C)c2cc3c(cc2-c2ccc4c(oc5ccccc54)c21)c1ccccc1n3-c1ccc(-c2ccc3c4ccccc4c4ccccc4c3c2)cc1. The van der Waals surface area contributed by atoms with Crippen molar-refractivity contribution in [3.63, 3.8) is 0 Å². The quantitative estimate of drug-likeness (QED) is 0.167. The third-order valence-corrected chi connectivity index (χ3v) is 12.2. The van der Waals surface area contributed by atoms with Gasteiger partial charge in [-0.1, -0.05) is 129 Å². The van der Waals surface area contributed by atoms with E-state index in [1.807, 2.05) is 0 Å². The van der Waals surface area contributed by atoms with Crippen molar-refractivity contribution in [1.82, 2.24) is 4.57 Å². The van der Waals surface area contributed by atoms with Gasteiger partial charge in [-0.25, -0.2) is 0 Å². The summed E-state index contributed by atoms with van der Waals surface area (Å²) in [5, 5.41) is 12.7. The van der Waals surface area contributed by atoms with E-state index in [9.17, 15) is 0 Å². The Morgan fingerprint density at radius 2 is 1.00 bits per heavy atom. The summed E-state index contributed by atoms with van der Waals surface area (Å²) in [6.45, 7) is 4.71. The molecule has 0 unspecified atom stereocenters. The van der Waals surface area contributed by atoms with E-state index in [2.05, 4.69) is 182 Å². The van der Waals surface area contributed by atoms with Gasteiger partial charge in [0, 0.05) is 38.2 Å². The second-order valence-electron chi connectivity index (χ2n) is 15.3. The largest absolute Gasteiger partial charge is 0.456 e. The van der Waals surface area contributed by atoms with E-state index in [4.69, 9.17) is 4.42 Å². The normalized spacial score (nSPS) is 13.6. The number of benzene rings is 9. The average molecular weight is 676 g/mol. The molecule has 53 heavy (non-hydrogen) atoms. The molecular weight excluding hydrogens is 643 g/mol. The van der Waals surface area contributed by atoms with Crippen molar-refractivity contribution in [3.8, 4) is 27.9 Å². The summed E-state index contributed by atoms with van der Waals surface area (Å²) >= 11 is 0. The maximum Gasteiger partial charge on any atom is 0.140 e. The van der Waals surface area contributed by atoms with Crippen LogP contribution in [0.3, 0.4) is 0 Å². The first kappa shape index (κ1) is 29.0. The highest BCUT2D eigenvalue weighted by Gasteiger charge is 2.39. The Morgan fingerprint density at radius 1 is 0.415 bits per heavy atom. The number of furan rings is 1. The molecule has 0 saturated carbocycles. The Labute approximate surface area is 306 Å². The molecule has 0 amide bonds. The van der Waals surface area contributed by atoms with Crippen LogP contribution in [0.2, 0.25) is 0 Å². The predicted molar refractivity (Wildman–Crippen MR) is 224 cm³/mol. The number of para-hydroxylation sites is 2. The fraction of sp³-hybridized carbons (Fsp3) is 0.0588. The lowest BCUT2D eigenvalue weighted by Gasteiger charge is -2.22. The van der Waals surface area contributed by atoms with Crippen molar-refractivity contribution >= 4 is 76.1 Å². The molecular formula is C51H33NO. The van der Waals surface area contributed by atoms with Gasteiger partial charge in [0.25, 0.3) is 0 Å². The highest BCUT2D eigenvalue weighted by Crippen LogP contribution is 2.54. The number of rotatable bonds is 2. The summed E-state index contributed by atoms with van der Waals surface area (Å²) in [6.07, 6.45) is 0. The highest BCUT2D eigenvalue weighted by molar-refractivity contribution is 6.25. The van der Waals surface area contributed by atoms with Gasteiger partial charge in [-0.05, 0) is 109 Å². The number of aromatic nitrogens is 1. The monoisotopic (exact) mass is 675 g/mol. The van der Waals surface area contributed by atoms with Crippen LogP contribution in [0.15, 0.2) is 168 Å². The Kier molecular flexibility index (Phi) is 5.60. The summed E-state index contributed by atoms with van der Waals surface area (Å²) in [4.78, 5) is 0. The Morgan fingerprint density at radius 3 is 1.74 bits per heavy atom. The van der Waals surface area contributed by atoms with Gasteiger partial charge in [0.2, 0.25) is 0 Å². The van der Waals surface area contributed by atoms with Crippen LogP contribution in [0.1, 0.15) is 25.0 Å². The van der Waals surface area contributed by atoms with E-state index in [0.717, 1.165) is 16.9 Å². The molecule has 1 aliphatic carbocycles. The van der Waals surface area contributed by atoms with E-state index < -0.39 is 0 Å². The zero-order chi connectivity index (χ0) is 35.0. The van der Waals surface area contributed by atoms with Crippen LogP contribution in [0.5, 0.6) is 0 Å². The maximum absolute atomic E-state index is 6.61. The van der Waals surface area contributed by atoms with Gasteiger partial charge in [0.05, 0.1) is 11.0 Å². The number of hydrogen-bond acceptors (Lipinski definition) is 1. The first-order valence-corrected chi connectivity index (χ1v) is 18.5. The zero-order valence-electron chi connectivity index (χ0n) is 29.4. The molecule has 0 fully saturated rings. The van der Waals surface area contributed by atoms with Crippen molar-refractivity contribution in [2.75, 3.05) is 0 Å². The van der Waals surface area contributed by atoms with E-state index >= 15 is 0 Å². The molecule has 2 aromatic heterocycles. The van der Waals surface area contributed by atoms with Gasteiger partial charge < -0.3 is 8.98 Å². The van der Waals surface area contributed by atoms with Crippen molar-refractivity contribution in [2.24, 2.45) is 0 Å². The van der Waals surface area contributed by atoms with E-state index in [1.54, 1.807) is 0 Å². The van der Waals surface area contributed by atoms with Crippen molar-refractivity contribution in [3.05, 3.63) is 175 Å². The molecule has 2 heteroatoms.